The van der Waals surface area contributed by atoms with E-state index < -0.39 is 0 Å². The van der Waals surface area contributed by atoms with Crippen molar-refractivity contribution in [1.82, 2.24) is 0 Å². The molecular formula is C22H24N2O4. The molecule has 0 aromatic heterocycles. The SMILES string of the molecule is COc1cc(/C=C2\C(=O)N=C(C)N2c2cc(C(C)C)c(O)cc2C)ccc1O. The van der Waals surface area contributed by atoms with E-state index in [-0.39, 0.29) is 23.3 Å². The van der Waals surface area contributed by atoms with Gasteiger partial charge in [-0.25, -0.2) is 0 Å². The van der Waals surface area contributed by atoms with Gasteiger partial charge in [0.1, 0.15) is 17.3 Å². The number of carbonyl (C=O) groups excluding carboxylic acids is 1. The van der Waals surface area contributed by atoms with Gasteiger partial charge in [0.05, 0.1) is 12.8 Å². The van der Waals surface area contributed by atoms with E-state index in [2.05, 4.69) is 4.99 Å². The zero-order valence-electron chi connectivity index (χ0n) is 16.6. The quantitative estimate of drug-likeness (QED) is 0.771. The number of nitrogens with zero attached hydrogens (tertiary/aromatic N) is 2. The average molecular weight is 380 g/mol. The van der Waals surface area contributed by atoms with Crippen LogP contribution in [0.1, 0.15) is 43.4 Å². The Morgan fingerprint density at radius 3 is 2.46 bits per heavy atom. The summed E-state index contributed by atoms with van der Waals surface area (Å²) >= 11 is 0. The molecule has 0 spiro atoms. The van der Waals surface area contributed by atoms with Crippen LogP contribution in [0.4, 0.5) is 5.69 Å². The highest BCUT2D eigenvalue weighted by Crippen LogP contribution is 2.37. The maximum absolute atomic E-state index is 12.6. The van der Waals surface area contributed by atoms with Crippen LogP contribution in [0.2, 0.25) is 0 Å². The number of benzene rings is 2. The number of aromatic hydroxyl groups is 2. The molecule has 1 amide bonds. The Balaban J connectivity index is 2.13. The monoisotopic (exact) mass is 380 g/mol. The van der Waals surface area contributed by atoms with Gasteiger partial charge in [-0.2, -0.15) is 4.99 Å². The number of rotatable bonds is 4. The number of hydrogen-bond acceptors (Lipinski definition) is 5. The summed E-state index contributed by atoms with van der Waals surface area (Å²) in [5.74, 6) is 0.942. The van der Waals surface area contributed by atoms with Crippen LogP contribution < -0.4 is 9.64 Å². The number of methoxy groups -OCH3 is 1. The fraction of sp³-hybridized carbons (Fsp3) is 0.273. The van der Waals surface area contributed by atoms with Gasteiger partial charge in [-0.1, -0.05) is 19.9 Å². The number of anilines is 1. The van der Waals surface area contributed by atoms with Crippen molar-refractivity contribution in [2.75, 3.05) is 12.0 Å². The topological polar surface area (TPSA) is 82.4 Å². The first kappa shape index (κ1) is 19.5. The zero-order chi connectivity index (χ0) is 20.6. The minimum absolute atomic E-state index is 0.0302. The third kappa shape index (κ3) is 3.45. The second-order valence-electron chi connectivity index (χ2n) is 7.11. The highest BCUT2D eigenvalue weighted by Gasteiger charge is 2.30. The minimum Gasteiger partial charge on any atom is -0.508 e. The number of phenolic OH excluding ortho intramolecular Hbond substituents is 2. The number of aliphatic imine (C=N–C) groups is 1. The molecule has 1 aliphatic rings. The van der Waals surface area contributed by atoms with Gasteiger partial charge in [-0.3, -0.25) is 9.69 Å². The lowest BCUT2D eigenvalue weighted by Gasteiger charge is -2.24. The Morgan fingerprint density at radius 2 is 1.82 bits per heavy atom. The third-order valence-electron chi connectivity index (χ3n) is 4.76. The normalized spacial score (nSPS) is 15.5. The highest BCUT2D eigenvalue weighted by molar-refractivity contribution is 6.22. The van der Waals surface area contributed by atoms with Crippen LogP contribution >= 0.6 is 0 Å². The van der Waals surface area contributed by atoms with Crippen LogP contribution in [-0.2, 0) is 4.79 Å². The summed E-state index contributed by atoms with van der Waals surface area (Å²) in [5, 5.41) is 20.1. The minimum atomic E-state index is -0.344. The van der Waals surface area contributed by atoms with Crippen LogP contribution in [0, 0.1) is 6.92 Å². The van der Waals surface area contributed by atoms with Crippen LogP contribution in [-0.4, -0.2) is 29.1 Å². The standard InChI is InChI=1S/C22H24N2O4/c1-12(2)16-11-17(13(3)8-20(16)26)24-14(4)23-22(27)18(24)9-15-6-7-19(25)21(10-15)28-5/h6-12,25-26H,1-5H3/b18-9+. The zero-order valence-corrected chi connectivity index (χ0v) is 16.6. The maximum Gasteiger partial charge on any atom is 0.295 e. The number of hydrogen-bond donors (Lipinski definition) is 2. The summed E-state index contributed by atoms with van der Waals surface area (Å²) in [5.41, 5.74) is 3.53. The molecule has 0 saturated carbocycles. The second-order valence-corrected chi connectivity index (χ2v) is 7.11. The molecule has 0 saturated heterocycles. The molecule has 3 rings (SSSR count). The summed E-state index contributed by atoms with van der Waals surface area (Å²) in [6.07, 6.45) is 1.71. The highest BCUT2D eigenvalue weighted by atomic mass is 16.5. The Morgan fingerprint density at radius 1 is 1.11 bits per heavy atom. The van der Waals surface area contributed by atoms with Gasteiger partial charge in [0, 0.05) is 0 Å². The number of phenols is 2. The molecule has 0 fully saturated rings. The molecule has 2 N–H and O–H groups in total. The fourth-order valence-electron chi connectivity index (χ4n) is 3.30. The molecule has 1 heterocycles. The molecule has 2 aromatic carbocycles. The van der Waals surface area contributed by atoms with E-state index in [1.165, 1.54) is 13.2 Å². The van der Waals surface area contributed by atoms with E-state index in [1.807, 2.05) is 26.8 Å². The third-order valence-corrected chi connectivity index (χ3v) is 4.76. The molecule has 6 heteroatoms. The molecule has 2 aromatic rings. The molecule has 0 radical (unpaired) electrons. The second kappa shape index (κ2) is 7.38. The van der Waals surface area contributed by atoms with Gasteiger partial charge < -0.3 is 14.9 Å². The number of ether oxygens (including phenoxy) is 1. The van der Waals surface area contributed by atoms with Crippen molar-refractivity contribution in [2.45, 2.75) is 33.6 Å². The van der Waals surface area contributed by atoms with Gasteiger partial charge in [0.25, 0.3) is 5.91 Å². The number of amides is 1. The van der Waals surface area contributed by atoms with Crippen molar-refractivity contribution < 1.29 is 19.7 Å². The first-order chi connectivity index (χ1) is 13.2. The van der Waals surface area contributed by atoms with Crippen molar-refractivity contribution in [3.05, 3.63) is 52.7 Å². The largest absolute Gasteiger partial charge is 0.508 e. The van der Waals surface area contributed by atoms with E-state index in [0.29, 0.717) is 22.8 Å². The lowest BCUT2D eigenvalue weighted by molar-refractivity contribution is -0.113. The van der Waals surface area contributed by atoms with Gasteiger partial charge in [-0.05, 0) is 66.8 Å². The summed E-state index contributed by atoms with van der Waals surface area (Å²) in [6, 6.07) is 8.49. The smallest absolute Gasteiger partial charge is 0.295 e. The van der Waals surface area contributed by atoms with Crippen molar-refractivity contribution >= 4 is 23.5 Å². The van der Waals surface area contributed by atoms with Crippen LogP contribution in [0.3, 0.4) is 0 Å². The van der Waals surface area contributed by atoms with Gasteiger partial charge in [0.15, 0.2) is 11.5 Å². The van der Waals surface area contributed by atoms with E-state index >= 15 is 0 Å². The number of aryl methyl sites for hydroxylation is 1. The Labute approximate surface area is 164 Å². The fourth-order valence-corrected chi connectivity index (χ4v) is 3.30. The summed E-state index contributed by atoms with van der Waals surface area (Å²) < 4.78 is 5.15. The molecule has 6 nitrogen and oxygen atoms in total. The van der Waals surface area contributed by atoms with E-state index in [4.69, 9.17) is 4.74 Å². The lowest BCUT2D eigenvalue weighted by atomic mass is 9.98. The van der Waals surface area contributed by atoms with E-state index in [9.17, 15) is 15.0 Å². The number of amidine groups is 1. The van der Waals surface area contributed by atoms with Crippen LogP contribution in [0.15, 0.2) is 41.0 Å². The molecule has 1 aliphatic heterocycles. The van der Waals surface area contributed by atoms with Gasteiger partial charge >= 0.3 is 0 Å². The summed E-state index contributed by atoms with van der Waals surface area (Å²) in [6.45, 7) is 7.67. The Kier molecular flexibility index (Phi) is 5.14. The lowest BCUT2D eigenvalue weighted by Crippen LogP contribution is -2.25. The van der Waals surface area contributed by atoms with Gasteiger partial charge in [0.2, 0.25) is 0 Å². The molecule has 0 atom stereocenters. The van der Waals surface area contributed by atoms with Gasteiger partial charge in [-0.15, -0.1) is 0 Å². The Bertz CT molecular complexity index is 1010. The van der Waals surface area contributed by atoms with Crippen LogP contribution in [0.25, 0.3) is 6.08 Å². The molecule has 28 heavy (non-hydrogen) atoms. The summed E-state index contributed by atoms with van der Waals surface area (Å²) in [4.78, 5) is 18.5. The van der Waals surface area contributed by atoms with E-state index in [0.717, 1.165) is 16.8 Å². The molecular weight excluding hydrogens is 356 g/mol. The summed E-state index contributed by atoms with van der Waals surface area (Å²) in [7, 11) is 1.47. The predicted octanol–water partition coefficient (Wildman–Crippen LogP) is 4.34. The van der Waals surface area contributed by atoms with Crippen molar-refractivity contribution in [2.24, 2.45) is 4.99 Å². The first-order valence-corrected chi connectivity index (χ1v) is 9.05. The van der Waals surface area contributed by atoms with Crippen molar-refractivity contribution in [1.29, 1.82) is 0 Å². The molecule has 0 unspecified atom stereocenters. The average Bonchev–Trinajstić information content (AvgIpc) is 2.90. The van der Waals surface area contributed by atoms with Crippen molar-refractivity contribution in [3.63, 3.8) is 0 Å². The molecule has 146 valence electrons. The Hall–Kier alpha value is -3.28. The van der Waals surface area contributed by atoms with E-state index in [1.54, 1.807) is 36.1 Å². The first-order valence-electron chi connectivity index (χ1n) is 9.05. The molecule has 0 bridgehead atoms. The van der Waals surface area contributed by atoms with Crippen molar-refractivity contribution in [3.8, 4) is 17.2 Å². The molecule has 0 aliphatic carbocycles. The van der Waals surface area contributed by atoms with Crippen LogP contribution in [0.5, 0.6) is 17.2 Å². The number of carbonyl (C=O) groups is 1. The maximum atomic E-state index is 12.6. The predicted molar refractivity (Wildman–Crippen MR) is 110 cm³/mol.